The number of benzene rings is 2. The highest BCUT2D eigenvalue weighted by Crippen LogP contribution is 2.26. The van der Waals surface area contributed by atoms with Crippen molar-refractivity contribution in [2.24, 2.45) is 0 Å². The first-order valence-corrected chi connectivity index (χ1v) is 11.3. The van der Waals surface area contributed by atoms with E-state index in [-0.39, 0.29) is 17.3 Å². The van der Waals surface area contributed by atoms with E-state index in [1.807, 2.05) is 55.5 Å². The first kappa shape index (κ1) is 22.7. The summed E-state index contributed by atoms with van der Waals surface area (Å²) in [5.41, 5.74) is 8.35. The van der Waals surface area contributed by atoms with E-state index < -0.39 is 0 Å². The lowest BCUT2D eigenvalue weighted by Gasteiger charge is -2.36. The van der Waals surface area contributed by atoms with E-state index in [4.69, 9.17) is 22.1 Å². The maximum Gasteiger partial charge on any atom is 0.256 e. The fourth-order valence-electron chi connectivity index (χ4n) is 3.72. The van der Waals surface area contributed by atoms with Crippen molar-refractivity contribution in [1.29, 1.82) is 0 Å². The number of hydrogen-bond acceptors (Lipinski definition) is 7. The van der Waals surface area contributed by atoms with E-state index in [9.17, 15) is 4.79 Å². The molecule has 3 aromatic rings. The number of piperazine rings is 1. The fraction of sp³-hybridized carbons (Fsp3) is 0.292. The maximum atomic E-state index is 12.6. The van der Waals surface area contributed by atoms with E-state index in [0.717, 1.165) is 48.2 Å². The van der Waals surface area contributed by atoms with Gasteiger partial charge >= 0.3 is 0 Å². The van der Waals surface area contributed by atoms with Crippen LogP contribution in [0, 0.1) is 0 Å². The molecule has 3 N–H and O–H groups in total. The first-order chi connectivity index (χ1) is 16.0. The quantitative estimate of drug-likeness (QED) is 0.551. The monoisotopic (exact) mass is 466 g/mol. The second-order valence-electron chi connectivity index (χ2n) is 7.65. The highest BCUT2D eigenvalue weighted by molar-refractivity contribution is 6.33. The SMILES string of the molecule is CCOc1ccc(CNC(=O)c2cnc(N3CCN(c4ccccc4Cl)CC3)nc2N)cc1. The molecule has 2 heterocycles. The largest absolute Gasteiger partial charge is 0.494 e. The minimum absolute atomic E-state index is 0.165. The van der Waals surface area contributed by atoms with Crippen molar-refractivity contribution in [1.82, 2.24) is 15.3 Å². The predicted octanol–water partition coefficient (Wildman–Crippen LogP) is 3.37. The van der Waals surface area contributed by atoms with Crippen LogP contribution in [0.25, 0.3) is 0 Å². The lowest BCUT2D eigenvalue weighted by molar-refractivity contribution is 0.0951. The summed E-state index contributed by atoms with van der Waals surface area (Å²) >= 11 is 6.32. The third-order valence-corrected chi connectivity index (χ3v) is 5.81. The third kappa shape index (κ3) is 5.46. The Morgan fingerprint density at radius 2 is 1.79 bits per heavy atom. The van der Waals surface area contributed by atoms with E-state index in [1.54, 1.807) is 0 Å². The molecule has 1 saturated heterocycles. The average Bonchev–Trinajstić information content (AvgIpc) is 2.84. The van der Waals surface area contributed by atoms with Crippen molar-refractivity contribution in [3.8, 4) is 5.75 Å². The van der Waals surface area contributed by atoms with Crippen LogP contribution in [0.15, 0.2) is 54.7 Å². The summed E-state index contributed by atoms with van der Waals surface area (Å²) in [6.45, 7) is 5.96. The molecule has 1 aliphatic rings. The number of carbonyl (C=O) groups excluding carboxylic acids is 1. The Morgan fingerprint density at radius 3 is 2.45 bits per heavy atom. The molecule has 0 bridgehead atoms. The molecule has 1 fully saturated rings. The van der Waals surface area contributed by atoms with Crippen LogP contribution < -0.4 is 25.6 Å². The number of ether oxygens (including phenoxy) is 1. The summed E-state index contributed by atoms with van der Waals surface area (Å²) in [5, 5.41) is 3.61. The second-order valence-corrected chi connectivity index (χ2v) is 8.06. The number of hydrogen-bond donors (Lipinski definition) is 2. The molecule has 33 heavy (non-hydrogen) atoms. The van der Waals surface area contributed by atoms with Crippen LogP contribution >= 0.6 is 11.6 Å². The minimum atomic E-state index is -0.309. The molecule has 1 aliphatic heterocycles. The van der Waals surface area contributed by atoms with Gasteiger partial charge in [-0.1, -0.05) is 35.9 Å². The Balaban J connectivity index is 1.34. The van der Waals surface area contributed by atoms with Crippen LogP contribution in [-0.4, -0.2) is 48.7 Å². The molecule has 1 amide bonds. The summed E-state index contributed by atoms with van der Waals surface area (Å²) < 4.78 is 5.43. The number of nitrogens with two attached hydrogens (primary N) is 1. The Hall–Kier alpha value is -3.52. The summed E-state index contributed by atoms with van der Waals surface area (Å²) in [5.74, 6) is 1.18. The number of carbonyl (C=O) groups is 1. The number of aromatic nitrogens is 2. The Bertz CT molecular complexity index is 1100. The van der Waals surface area contributed by atoms with Crippen LogP contribution in [0.1, 0.15) is 22.8 Å². The molecule has 4 rings (SSSR count). The number of para-hydroxylation sites is 1. The zero-order valence-electron chi connectivity index (χ0n) is 18.5. The van der Waals surface area contributed by atoms with Gasteiger partial charge in [-0.2, -0.15) is 4.98 Å². The molecule has 0 aliphatic carbocycles. The van der Waals surface area contributed by atoms with E-state index in [1.165, 1.54) is 6.20 Å². The lowest BCUT2D eigenvalue weighted by Crippen LogP contribution is -2.47. The van der Waals surface area contributed by atoms with Gasteiger partial charge in [-0.05, 0) is 36.8 Å². The molecule has 0 radical (unpaired) electrons. The van der Waals surface area contributed by atoms with Gasteiger partial charge in [0.2, 0.25) is 5.95 Å². The van der Waals surface area contributed by atoms with Crippen LogP contribution in [0.4, 0.5) is 17.5 Å². The molecule has 0 unspecified atom stereocenters. The Labute approximate surface area is 198 Å². The fourth-order valence-corrected chi connectivity index (χ4v) is 3.97. The number of nitrogen functional groups attached to an aromatic ring is 1. The van der Waals surface area contributed by atoms with Gasteiger partial charge in [-0.3, -0.25) is 4.79 Å². The summed E-state index contributed by atoms with van der Waals surface area (Å²) in [6.07, 6.45) is 1.49. The second kappa shape index (κ2) is 10.4. The lowest BCUT2D eigenvalue weighted by atomic mass is 10.2. The van der Waals surface area contributed by atoms with E-state index in [2.05, 4.69) is 25.1 Å². The average molecular weight is 467 g/mol. The van der Waals surface area contributed by atoms with Gasteiger partial charge in [0.05, 0.1) is 22.9 Å². The number of rotatable bonds is 7. The summed E-state index contributed by atoms with van der Waals surface area (Å²) in [4.78, 5) is 25.7. The Morgan fingerprint density at radius 1 is 1.09 bits per heavy atom. The highest BCUT2D eigenvalue weighted by Gasteiger charge is 2.22. The Kier molecular flexibility index (Phi) is 7.14. The van der Waals surface area contributed by atoms with Crippen molar-refractivity contribution in [3.63, 3.8) is 0 Å². The zero-order valence-corrected chi connectivity index (χ0v) is 19.3. The first-order valence-electron chi connectivity index (χ1n) is 10.9. The molecule has 1 aromatic heterocycles. The van der Waals surface area contributed by atoms with Gasteiger partial charge in [0.25, 0.3) is 5.91 Å². The number of amides is 1. The molecule has 172 valence electrons. The van der Waals surface area contributed by atoms with Crippen molar-refractivity contribution in [2.45, 2.75) is 13.5 Å². The van der Waals surface area contributed by atoms with Crippen molar-refractivity contribution < 1.29 is 9.53 Å². The van der Waals surface area contributed by atoms with Crippen molar-refractivity contribution in [3.05, 3.63) is 70.9 Å². The summed E-state index contributed by atoms with van der Waals surface area (Å²) in [6, 6.07) is 15.4. The zero-order chi connectivity index (χ0) is 23.2. The molecule has 9 heteroatoms. The number of anilines is 3. The number of nitrogens with one attached hydrogen (secondary N) is 1. The normalized spacial score (nSPS) is 13.6. The van der Waals surface area contributed by atoms with Gasteiger partial charge in [-0.15, -0.1) is 0 Å². The van der Waals surface area contributed by atoms with Crippen LogP contribution in [-0.2, 0) is 6.54 Å². The minimum Gasteiger partial charge on any atom is -0.494 e. The number of halogens is 1. The molecular weight excluding hydrogens is 440 g/mol. The smallest absolute Gasteiger partial charge is 0.256 e. The van der Waals surface area contributed by atoms with Gasteiger partial charge in [0.15, 0.2) is 0 Å². The molecular formula is C24H27ClN6O2. The van der Waals surface area contributed by atoms with Crippen LogP contribution in [0.3, 0.4) is 0 Å². The molecule has 0 saturated carbocycles. The van der Waals surface area contributed by atoms with Crippen LogP contribution in [0.2, 0.25) is 5.02 Å². The van der Waals surface area contributed by atoms with Crippen molar-refractivity contribution in [2.75, 3.05) is 48.3 Å². The van der Waals surface area contributed by atoms with Gasteiger partial charge < -0.3 is 25.6 Å². The van der Waals surface area contributed by atoms with E-state index in [0.29, 0.717) is 19.1 Å². The van der Waals surface area contributed by atoms with Gasteiger partial charge in [0.1, 0.15) is 11.6 Å². The molecule has 8 nitrogen and oxygen atoms in total. The van der Waals surface area contributed by atoms with Gasteiger partial charge in [0, 0.05) is 38.9 Å². The van der Waals surface area contributed by atoms with Gasteiger partial charge in [-0.25, -0.2) is 4.98 Å². The maximum absolute atomic E-state index is 12.6. The standard InChI is InChI=1S/C24H27ClN6O2/c1-2-33-18-9-7-17(8-10-18)15-27-23(32)19-16-28-24(29-22(19)26)31-13-11-30(12-14-31)21-6-4-3-5-20(21)25/h3-10,16H,2,11-15H2,1H3,(H,27,32)(H2,26,28,29). The molecule has 0 atom stereocenters. The summed E-state index contributed by atoms with van der Waals surface area (Å²) in [7, 11) is 0. The number of nitrogens with zero attached hydrogens (tertiary/aromatic N) is 4. The van der Waals surface area contributed by atoms with Crippen LogP contribution in [0.5, 0.6) is 5.75 Å². The third-order valence-electron chi connectivity index (χ3n) is 5.49. The molecule has 0 spiro atoms. The molecule has 2 aromatic carbocycles. The predicted molar refractivity (Wildman–Crippen MR) is 131 cm³/mol. The topological polar surface area (TPSA) is 96.6 Å². The van der Waals surface area contributed by atoms with Crippen molar-refractivity contribution >= 4 is 35.0 Å². The van der Waals surface area contributed by atoms with E-state index >= 15 is 0 Å². The highest BCUT2D eigenvalue weighted by atomic mass is 35.5.